The summed E-state index contributed by atoms with van der Waals surface area (Å²) in [5.74, 6) is 36.7. The molecular weight excluding hydrogens is 432 g/mol. The van der Waals surface area contributed by atoms with Gasteiger partial charge in [-0.3, -0.25) is 4.79 Å². The summed E-state index contributed by atoms with van der Waals surface area (Å²) in [6, 6.07) is 12.1. The van der Waals surface area contributed by atoms with Gasteiger partial charge >= 0.3 is 0 Å². The number of allylic oxidation sites excluding steroid dienone is 2. The Kier molecular flexibility index (Phi) is 14.5. The molecule has 4 nitrogen and oxygen atoms in total. The van der Waals surface area contributed by atoms with Crippen molar-refractivity contribution in [3.05, 3.63) is 68.0 Å². The second kappa shape index (κ2) is 18.7. The largest absolute Gasteiger partial charge is 0.471 e. The molecule has 1 aromatic rings. The minimum absolute atomic E-state index is 0.00572. The summed E-state index contributed by atoms with van der Waals surface area (Å²) in [7, 11) is 1.56. The van der Waals surface area contributed by atoms with E-state index in [2.05, 4.69) is 113 Å². The standard InChI is InChI=1S/C31H18N2O2/c1-4-6-8-10-12-14-16-18-20-26-33(27-21-19-17-15-13-11-9-7-5-2)28-35-30-24-22-29(23-25-30)31(34)32-3/h4-7,22-25H,1-2,28H2,3H3,(H,32,34)/q-2. The van der Waals surface area contributed by atoms with Crippen molar-refractivity contribution in [1.82, 2.24) is 10.2 Å². The molecule has 0 aliphatic heterocycles. The molecule has 0 saturated heterocycles. The third-order valence-electron chi connectivity index (χ3n) is 3.26. The molecule has 0 radical (unpaired) electrons. The number of hydrogen-bond acceptors (Lipinski definition) is 3. The van der Waals surface area contributed by atoms with E-state index in [-0.39, 0.29) is 12.6 Å². The van der Waals surface area contributed by atoms with Crippen molar-refractivity contribution < 1.29 is 9.53 Å². The number of ether oxygens (including phenoxy) is 1. The molecule has 0 fully saturated rings. The zero-order valence-electron chi connectivity index (χ0n) is 19.0. The number of nitrogens with zero attached hydrogens (tertiary/aromatic N) is 1. The van der Waals surface area contributed by atoms with E-state index < -0.39 is 0 Å². The van der Waals surface area contributed by atoms with Crippen LogP contribution in [0.5, 0.6) is 5.75 Å². The Morgan fingerprint density at radius 1 is 0.829 bits per heavy atom. The molecule has 35 heavy (non-hydrogen) atoms. The van der Waals surface area contributed by atoms with Gasteiger partial charge in [-0.1, -0.05) is 11.8 Å². The van der Waals surface area contributed by atoms with Crippen LogP contribution in [-0.2, 0) is 0 Å². The van der Waals surface area contributed by atoms with Crippen LogP contribution in [-0.4, -0.2) is 24.6 Å². The first-order valence-corrected chi connectivity index (χ1v) is 9.84. The van der Waals surface area contributed by atoms with Crippen LogP contribution < -0.4 is 10.1 Å². The second-order valence-electron chi connectivity index (χ2n) is 5.62. The maximum Gasteiger partial charge on any atom is 0.251 e. The van der Waals surface area contributed by atoms with Crippen molar-refractivity contribution in [1.29, 1.82) is 0 Å². The first-order chi connectivity index (χ1) is 17.2. The highest BCUT2D eigenvalue weighted by Gasteiger charge is 2.03. The number of amides is 1. The monoisotopic (exact) mass is 450 g/mol. The van der Waals surface area contributed by atoms with Gasteiger partial charge < -0.3 is 10.1 Å². The summed E-state index contributed by atoms with van der Waals surface area (Å²) in [6.45, 7) is 7.04. The van der Waals surface area contributed by atoms with Gasteiger partial charge in [-0.2, -0.15) is 37.2 Å². The van der Waals surface area contributed by atoms with E-state index in [9.17, 15) is 4.79 Å². The van der Waals surface area contributed by atoms with Crippen LogP contribution in [0.15, 0.2) is 49.6 Å². The SMILES string of the molecule is C=C[CH-]C#CC#CC#CC#CN(C#CC#CC#CC#C[CH-]C=C)COc1ccc(C(=O)NC)cc1. The van der Waals surface area contributed by atoms with Crippen LogP contribution in [0.2, 0.25) is 0 Å². The number of carbonyl (C=O) groups is 1. The molecule has 1 N–H and O–H groups in total. The van der Waals surface area contributed by atoms with Crippen molar-refractivity contribution in [2.75, 3.05) is 13.8 Å². The van der Waals surface area contributed by atoms with Gasteiger partial charge in [0.05, 0.1) is 0 Å². The summed E-state index contributed by atoms with van der Waals surface area (Å²) >= 11 is 0. The fourth-order valence-corrected chi connectivity index (χ4v) is 1.79. The van der Waals surface area contributed by atoms with Gasteiger partial charge in [0.1, 0.15) is 5.75 Å². The molecule has 4 heteroatoms. The Hall–Kier alpha value is -6.01. The van der Waals surface area contributed by atoms with Gasteiger partial charge in [-0.05, 0) is 47.9 Å². The third kappa shape index (κ3) is 13.8. The quantitative estimate of drug-likeness (QED) is 0.313. The number of carbonyl (C=O) groups excluding carboxylic acids is 1. The zero-order chi connectivity index (χ0) is 25.4. The molecule has 0 atom stereocenters. The fourth-order valence-electron chi connectivity index (χ4n) is 1.79. The molecule has 1 rings (SSSR count). The summed E-state index contributed by atoms with van der Waals surface area (Å²) in [4.78, 5) is 13.0. The molecule has 0 aromatic heterocycles. The van der Waals surface area contributed by atoms with E-state index in [1.54, 1.807) is 56.3 Å². The van der Waals surface area contributed by atoms with Crippen LogP contribution in [0.25, 0.3) is 0 Å². The summed E-state index contributed by atoms with van der Waals surface area (Å²) in [5, 5.41) is 2.56. The Morgan fingerprint density at radius 3 is 1.74 bits per heavy atom. The van der Waals surface area contributed by atoms with E-state index in [1.165, 1.54) is 4.90 Å². The Bertz CT molecular complexity index is 1340. The highest BCUT2D eigenvalue weighted by atomic mass is 16.5. The maximum absolute atomic E-state index is 11.6. The van der Waals surface area contributed by atoms with E-state index >= 15 is 0 Å². The van der Waals surface area contributed by atoms with E-state index in [4.69, 9.17) is 4.74 Å². The van der Waals surface area contributed by atoms with Crippen molar-refractivity contribution in [3.8, 4) is 101 Å². The second-order valence-corrected chi connectivity index (χ2v) is 5.62. The first-order valence-electron chi connectivity index (χ1n) is 9.84. The van der Waals surface area contributed by atoms with Crippen LogP contribution in [0, 0.1) is 108 Å². The molecule has 0 heterocycles. The van der Waals surface area contributed by atoms with Crippen LogP contribution in [0.3, 0.4) is 0 Å². The van der Waals surface area contributed by atoms with Crippen LogP contribution in [0.4, 0.5) is 0 Å². The number of hydrogen-bond donors (Lipinski definition) is 1. The lowest BCUT2D eigenvalue weighted by Gasteiger charge is -2.11. The lowest BCUT2D eigenvalue weighted by Crippen LogP contribution is -2.19. The van der Waals surface area contributed by atoms with E-state index in [0.29, 0.717) is 11.3 Å². The molecule has 0 unspecified atom stereocenters. The molecule has 1 aromatic carbocycles. The maximum atomic E-state index is 11.6. The molecule has 0 bridgehead atoms. The van der Waals surface area contributed by atoms with Gasteiger partial charge in [-0.25, -0.2) is 16.7 Å². The van der Waals surface area contributed by atoms with Gasteiger partial charge in [-0.15, -0.1) is 12.8 Å². The van der Waals surface area contributed by atoms with Crippen molar-refractivity contribution in [3.63, 3.8) is 0 Å². The van der Waals surface area contributed by atoms with E-state index in [1.807, 2.05) is 0 Å². The van der Waals surface area contributed by atoms with E-state index in [0.717, 1.165) is 0 Å². The summed E-state index contributed by atoms with van der Waals surface area (Å²) in [6.07, 6.45) is 6.28. The minimum Gasteiger partial charge on any atom is -0.471 e. The third-order valence-corrected chi connectivity index (χ3v) is 3.26. The number of benzene rings is 1. The summed E-state index contributed by atoms with van der Waals surface area (Å²) < 4.78 is 5.68. The first kappa shape index (κ1) is 27.0. The van der Waals surface area contributed by atoms with Gasteiger partial charge in [0.25, 0.3) is 5.91 Å². The average molecular weight is 450 g/mol. The Morgan fingerprint density at radius 2 is 1.29 bits per heavy atom. The highest BCUT2D eigenvalue weighted by molar-refractivity contribution is 5.94. The van der Waals surface area contributed by atoms with Gasteiger partial charge in [0.2, 0.25) is 0 Å². The lowest BCUT2D eigenvalue weighted by atomic mass is 10.2. The van der Waals surface area contributed by atoms with Gasteiger partial charge in [0, 0.05) is 48.4 Å². The van der Waals surface area contributed by atoms with Crippen LogP contribution in [0.1, 0.15) is 10.4 Å². The fraction of sp³-hybridized carbons (Fsp3) is 0.0645. The molecule has 0 spiro atoms. The predicted molar refractivity (Wildman–Crippen MR) is 138 cm³/mol. The molecule has 1 amide bonds. The summed E-state index contributed by atoms with van der Waals surface area (Å²) in [5.41, 5.74) is 0.517. The molecule has 166 valence electrons. The Labute approximate surface area is 208 Å². The topological polar surface area (TPSA) is 41.6 Å². The number of rotatable bonds is 6. The lowest BCUT2D eigenvalue weighted by molar-refractivity contribution is 0.0963. The molecular formula is C31H18N2O2-2. The number of nitrogens with one attached hydrogen (secondary N) is 1. The smallest absolute Gasteiger partial charge is 0.251 e. The van der Waals surface area contributed by atoms with Crippen molar-refractivity contribution in [2.24, 2.45) is 0 Å². The molecule has 0 saturated carbocycles. The van der Waals surface area contributed by atoms with Crippen molar-refractivity contribution in [2.45, 2.75) is 0 Å². The highest BCUT2D eigenvalue weighted by Crippen LogP contribution is 2.12. The Balaban J connectivity index is 2.90. The van der Waals surface area contributed by atoms with Crippen LogP contribution >= 0.6 is 0 Å². The average Bonchev–Trinajstić information content (AvgIpc) is 2.89. The molecule has 0 aliphatic carbocycles. The predicted octanol–water partition coefficient (Wildman–Crippen LogP) is 2.41. The molecule has 0 aliphatic rings. The normalized spacial score (nSPS) is 6.77. The zero-order valence-corrected chi connectivity index (χ0v) is 19.0. The van der Waals surface area contributed by atoms with Crippen molar-refractivity contribution >= 4 is 5.91 Å². The minimum atomic E-state index is -0.187. The van der Waals surface area contributed by atoms with Gasteiger partial charge in [0.15, 0.2) is 6.73 Å².